The van der Waals surface area contributed by atoms with Crippen molar-refractivity contribution in [1.82, 2.24) is 10.2 Å². The van der Waals surface area contributed by atoms with Gasteiger partial charge in [-0.2, -0.15) is 0 Å². The van der Waals surface area contributed by atoms with Gasteiger partial charge in [-0.25, -0.2) is 8.42 Å². The van der Waals surface area contributed by atoms with Crippen molar-refractivity contribution in [1.29, 1.82) is 0 Å². The third kappa shape index (κ3) is 7.89. The summed E-state index contributed by atoms with van der Waals surface area (Å²) in [4.78, 5) is 29.0. The van der Waals surface area contributed by atoms with Gasteiger partial charge < -0.3 is 10.2 Å². The van der Waals surface area contributed by atoms with Crippen molar-refractivity contribution >= 4 is 39.1 Å². The van der Waals surface area contributed by atoms with Gasteiger partial charge in [0, 0.05) is 17.6 Å². The van der Waals surface area contributed by atoms with Crippen LogP contribution in [0, 0.1) is 13.8 Å². The lowest BCUT2D eigenvalue weighted by atomic mass is 9.95. The molecule has 0 radical (unpaired) electrons. The normalized spacial score (nSPS) is 14.7. The maximum absolute atomic E-state index is 14.1. The third-order valence-corrected chi connectivity index (χ3v) is 9.60. The average molecular weight is 596 g/mol. The van der Waals surface area contributed by atoms with E-state index in [1.165, 1.54) is 29.2 Å². The fourth-order valence-electron chi connectivity index (χ4n) is 5.13. The van der Waals surface area contributed by atoms with Gasteiger partial charge in [0.2, 0.25) is 11.8 Å². The number of benzene rings is 3. The first-order valence-electron chi connectivity index (χ1n) is 14.0. The molecule has 0 spiro atoms. The highest BCUT2D eigenvalue weighted by Gasteiger charge is 2.33. The van der Waals surface area contributed by atoms with Gasteiger partial charge in [-0.1, -0.05) is 78.4 Å². The Morgan fingerprint density at radius 1 is 0.927 bits per heavy atom. The van der Waals surface area contributed by atoms with Gasteiger partial charge in [-0.05, 0) is 75.6 Å². The Balaban J connectivity index is 1.67. The number of hydrogen-bond donors (Lipinski definition) is 1. The Bertz CT molecular complexity index is 1450. The van der Waals surface area contributed by atoms with Crippen LogP contribution in [0.25, 0.3) is 0 Å². The third-order valence-electron chi connectivity index (χ3n) is 7.56. The summed E-state index contributed by atoms with van der Waals surface area (Å²) in [5.74, 6) is -0.712. The van der Waals surface area contributed by atoms with Crippen molar-refractivity contribution < 1.29 is 18.0 Å². The molecule has 1 aliphatic carbocycles. The zero-order chi connectivity index (χ0) is 29.6. The monoisotopic (exact) mass is 595 g/mol. The molecule has 1 fully saturated rings. The molecule has 1 N–H and O–H groups in total. The molecule has 0 aliphatic heterocycles. The number of rotatable bonds is 10. The van der Waals surface area contributed by atoms with Crippen LogP contribution < -0.4 is 9.62 Å². The Labute approximate surface area is 248 Å². The van der Waals surface area contributed by atoms with Crippen LogP contribution in [0.15, 0.2) is 77.7 Å². The fraction of sp³-hybridized carbons (Fsp3) is 0.375. The predicted molar refractivity (Wildman–Crippen MR) is 163 cm³/mol. The first-order chi connectivity index (χ1) is 19.5. The van der Waals surface area contributed by atoms with Crippen LogP contribution in [0.4, 0.5) is 5.69 Å². The second-order valence-electron chi connectivity index (χ2n) is 10.8. The van der Waals surface area contributed by atoms with E-state index in [0.29, 0.717) is 10.7 Å². The summed E-state index contributed by atoms with van der Waals surface area (Å²) in [6.07, 6.45) is 5.14. The number of hydrogen-bond acceptors (Lipinski definition) is 4. The Kier molecular flexibility index (Phi) is 10.1. The number of nitrogens with one attached hydrogen (secondary N) is 1. The van der Waals surface area contributed by atoms with E-state index >= 15 is 0 Å². The quantitative estimate of drug-likeness (QED) is 0.311. The number of amides is 2. The summed E-state index contributed by atoms with van der Waals surface area (Å²) in [5, 5.41) is 3.53. The van der Waals surface area contributed by atoms with Crippen LogP contribution >= 0.6 is 11.6 Å². The number of anilines is 1. The minimum absolute atomic E-state index is 0.0172. The van der Waals surface area contributed by atoms with E-state index in [1.807, 2.05) is 38.1 Å². The summed E-state index contributed by atoms with van der Waals surface area (Å²) in [6, 6.07) is 19.8. The molecule has 3 aromatic rings. The molecule has 0 saturated heterocycles. The molecular formula is C32H38ClN3O4S. The molecule has 41 heavy (non-hydrogen) atoms. The molecule has 3 aromatic carbocycles. The van der Waals surface area contributed by atoms with Crippen LogP contribution in [0.5, 0.6) is 0 Å². The van der Waals surface area contributed by atoms with Crippen LogP contribution in [0.1, 0.15) is 55.7 Å². The van der Waals surface area contributed by atoms with Crippen LogP contribution in [-0.2, 0) is 26.2 Å². The lowest BCUT2D eigenvalue weighted by molar-refractivity contribution is -0.139. The topological polar surface area (TPSA) is 86.8 Å². The molecule has 1 saturated carbocycles. The fourth-order valence-corrected chi connectivity index (χ4v) is 6.67. The summed E-state index contributed by atoms with van der Waals surface area (Å²) < 4.78 is 28.9. The van der Waals surface area contributed by atoms with Gasteiger partial charge >= 0.3 is 0 Å². The lowest BCUT2D eigenvalue weighted by Crippen LogP contribution is -2.53. The Morgan fingerprint density at radius 3 is 2.22 bits per heavy atom. The summed E-state index contributed by atoms with van der Waals surface area (Å²) in [5.41, 5.74) is 3.20. The van der Waals surface area contributed by atoms with E-state index in [0.717, 1.165) is 53.1 Å². The second kappa shape index (κ2) is 13.5. The predicted octanol–water partition coefficient (Wildman–Crippen LogP) is 6.02. The summed E-state index contributed by atoms with van der Waals surface area (Å²) in [7, 11) is -4.13. The van der Waals surface area contributed by atoms with E-state index in [9.17, 15) is 18.0 Å². The molecule has 0 heterocycles. The molecule has 7 nitrogen and oxygen atoms in total. The van der Waals surface area contributed by atoms with Gasteiger partial charge in [0.15, 0.2) is 0 Å². The zero-order valence-electron chi connectivity index (χ0n) is 23.8. The molecule has 0 aromatic heterocycles. The highest BCUT2D eigenvalue weighted by Crippen LogP contribution is 2.26. The maximum Gasteiger partial charge on any atom is 0.264 e. The van der Waals surface area contributed by atoms with Gasteiger partial charge in [0.05, 0.1) is 10.6 Å². The summed E-state index contributed by atoms with van der Waals surface area (Å²) in [6.45, 7) is 5.27. The highest BCUT2D eigenvalue weighted by atomic mass is 35.5. The van der Waals surface area contributed by atoms with Crippen molar-refractivity contribution in [3.8, 4) is 0 Å². The minimum Gasteiger partial charge on any atom is -0.352 e. The average Bonchev–Trinajstić information content (AvgIpc) is 2.95. The zero-order valence-corrected chi connectivity index (χ0v) is 25.4. The van der Waals surface area contributed by atoms with Crippen molar-refractivity contribution in [2.45, 2.75) is 76.4 Å². The smallest absolute Gasteiger partial charge is 0.264 e. The molecule has 0 unspecified atom stereocenters. The highest BCUT2D eigenvalue weighted by molar-refractivity contribution is 7.92. The molecule has 1 atom stereocenters. The molecule has 2 amide bonds. The van der Waals surface area contributed by atoms with E-state index in [-0.39, 0.29) is 23.4 Å². The van der Waals surface area contributed by atoms with Gasteiger partial charge in [0.25, 0.3) is 10.0 Å². The molecule has 218 valence electrons. The minimum atomic E-state index is -4.13. The first kappa shape index (κ1) is 30.6. The van der Waals surface area contributed by atoms with Gasteiger partial charge in [-0.15, -0.1) is 0 Å². The van der Waals surface area contributed by atoms with Crippen molar-refractivity contribution in [3.05, 3.63) is 94.5 Å². The SMILES string of the molecule is Cc1ccc(N(CC(=O)N(Cc2cccc(C)c2)[C@@H](C)C(=O)NC2CCCCC2)S(=O)(=O)c2ccc(Cl)cc2)cc1. The number of sulfonamides is 1. The van der Waals surface area contributed by atoms with Crippen LogP contribution in [-0.4, -0.2) is 43.8 Å². The molecule has 1 aliphatic rings. The van der Waals surface area contributed by atoms with Crippen molar-refractivity contribution in [3.63, 3.8) is 0 Å². The number of halogens is 1. The van der Waals surface area contributed by atoms with E-state index in [1.54, 1.807) is 31.2 Å². The molecule has 0 bridgehead atoms. The van der Waals surface area contributed by atoms with Crippen LogP contribution in [0.3, 0.4) is 0 Å². The van der Waals surface area contributed by atoms with E-state index < -0.39 is 28.5 Å². The van der Waals surface area contributed by atoms with Crippen molar-refractivity contribution in [2.24, 2.45) is 0 Å². The second-order valence-corrected chi connectivity index (χ2v) is 13.1. The summed E-state index contributed by atoms with van der Waals surface area (Å²) >= 11 is 6.02. The maximum atomic E-state index is 14.1. The number of nitrogens with zero attached hydrogens (tertiary/aromatic N) is 2. The first-order valence-corrected chi connectivity index (χ1v) is 15.9. The van der Waals surface area contributed by atoms with Crippen molar-refractivity contribution in [2.75, 3.05) is 10.8 Å². The van der Waals surface area contributed by atoms with Crippen LogP contribution in [0.2, 0.25) is 5.02 Å². The van der Waals surface area contributed by atoms with Gasteiger partial charge in [-0.3, -0.25) is 13.9 Å². The number of carbonyl (C=O) groups excluding carboxylic acids is 2. The molecular weight excluding hydrogens is 558 g/mol. The number of carbonyl (C=O) groups is 2. The molecule has 4 rings (SSSR count). The largest absolute Gasteiger partial charge is 0.352 e. The van der Waals surface area contributed by atoms with Gasteiger partial charge in [0.1, 0.15) is 12.6 Å². The van der Waals surface area contributed by atoms with E-state index in [2.05, 4.69) is 5.32 Å². The lowest BCUT2D eigenvalue weighted by Gasteiger charge is -2.33. The van der Waals surface area contributed by atoms with E-state index in [4.69, 9.17) is 11.6 Å². The Morgan fingerprint density at radius 2 is 1.59 bits per heavy atom. The molecule has 9 heteroatoms. The number of aryl methyl sites for hydroxylation is 2. The standard InChI is InChI=1S/C32H38ClN3O4S/c1-23-12-16-29(17-13-23)36(41(39,40)30-18-14-27(33)15-19-30)22-31(37)35(21-26-9-7-8-24(2)20-26)25(3)32(38)34-28-10-5-4-6-11-28/h7-9,12-20,25,28H,4-6,10-11,21-22H2,1-3H3,(H,34,38)/t25-/m0/s1. The Hall–Kier alpha value is -3.36.